The Morgan fingerprint density at radius 2 is 2.44 bits per heavy atom. The Morgan fingerprint density at radius 1 is 1.75 bits per heavy atom. The first-order valence-corrected chi connectivity index (χ1v) is 5.59. The van der Waals surface area contributed by atoms with Gasteiger partial charge in [-0.2, -0.15) is 0 Å². The summed E-state index contributed by atoms with van der Waals surface area (Å²) in [7, 11) is 0. The molecule has 6 nitrogen and oxygen atoms in total. The highest BCUT2D eigenvalue weighted by Crippen LogP contribution is 2.40. The van der Waals surface area contributed by atoms with Crippen molar-refractivity contribution in [3.05, 3.63) is 11.1 Å². The molecule has 0 atom stereocenters. The molecule has 0 saturated heterocycles. The SMILES string of the molecule is C/C(=N\OC1(C(=O)O)CC1)c1csc(N)n1. The van der Waals surface area contributed by atoms with Crippen molar-refractivity contribution in [2.75, 3.05) is 5.73 Å². The van der Waals surface area contributed by atoms with Crippen LogP contribution in [0.15, 0.2) is 10.5 Å². The van der Waals surface area contributed by atoms with Crippen LogP contribution in [0.3, 0.4) is 0 Å². The minimum absolute atomic E-state index is 0.448. The van der Waals surface area contributed by atoms with E-state index < -0.39 is 11.6 Å². The molecule has 0 spiro atoms. The van der Waals surface area contributed by atoms with Gasteiger partial charge < -0.3 is 15.7 Å². The van der Waals surface area contributed by atoms with Crippen molar-refractivity contribution in [2.45, 2.75) is 25.4 Å². The average molecular weight is 241 g/mol. The highest BCUT2D eigenvalue weighted by atomic mass is 32.1. The van der Waals surface area contributed by atoms with Crippen molar-refractivity contribution < 1.29 is 14.7 Å². The highest BCUT2D eigenvalue weighted by Gasteiger charge is 2.54. The second kappa shape index (κ2) is 3.75. The minimum atomic E-state index is -1.11. The fourth-order valence-electron chi connectivity index (χ4n) is 1.11. The van der Waals surface area contributed by atoms with Gasteiger partial charge in [0, 0.05) is 18.2 Å². The largest absolute Gasteiger partial charge is 0.478 e. The van der Waals surface area contributed by atoms with Crippen molar-refractivity contribution in [3.63, 3.8) is 0 Å². The van der Waals surface area contributed by atoms with Crippen LogP contribution in [0, 0.1) is 0 Å². The second-order valence-electron chi connectivity index (χ2n) is 3.64. The van der Waals surface area contributed by atoms with Gasteiger partial charge in [0.05, 0.1) is 0 Å². The lowest BCUT2D eigenvalue weighted by atomic mass is 10.3. The normalized spacial score (nSPS) is 18.2. The molecule has 0 aliphatic heterocycles. The first-order valence-electron chi connectivity index (χ1n) is 4.71. The van der Waals surface area contributed by atoms with Crippen molar-refractivity contribution in [2.24, 2.45) is 5.16 Å². The van der Waals surface area contributed by atoms with E-state index in [1.54, 1.807) is 12.3 Å². The number of rotatable bonds is 4. The lowest BCUT2D eigenvalue weighted by molar-refractivity contribution is -0.153. The zero-order valence-electron chi connectivity index (χ0n) is 8.64. The number of carbonyl (C=O) groups is 1. The maximum Gasteiger partial charge on any atom is 0.350 e. The van der Waals surface area contributed by atoms with Gasteiger partial charge in [-0.1, -0.05) is 5.16 Å². The number of oxime groups is 1. The molecule has 2 rings (SSSR count). The van der Waals surface area contributed by atoms with E-state index in [0.717, 1.165) is 0 Å². The van der Waals surface area contributed by atoms with Gasteiger partial charge in [0.2, 0.25) is 5.60 Å². The number of nitrogens with two attached hydrogens (primary N) is 1. The van der Waals surface area contributed by atoms with Crippen LogP contribution in [0.2, 0.25) is 0 Å². The maximum atomic E-state index is 10.8. The van der Waals surface area contributed by atoms with E-state index >= 15 is 0 Å². The van der Waals surface area contributed by atoms with Crippen molar-refractivity contribution in [3.8, 4) is 0 Å². The summed E-state index contributed by atoms with van der Waals surface area (Å²) < 4.78 is 0. The van der Waals surface area contributed by atoms with Gasteiger partial charge >= 0.3 is 5.97 Å². The molecular formula is C9H11N3O3S. The molecule has 0 amide bonds. The van der Waals surface area contributed by atoms with Crippen molar-refractivity contribution in [1.29, 1.82) is 0 Å². The van der Waals surface area contributed by atoms with E-state index in [9.17, 15) is 4.79 Å². The average Bonchev–Trinajstić information content (AvgIpc) is 2.92. The number of nitrogen functional groups attached to an aromatic ring is 1. The van der Waals surface area contributed by atoms with E-state index in [0.29, 0.717) is 29.4 Å². The van der Waals surface area contributed by atoms with Crippen LogP contribution in [0.1, 0.15) is 25.5 Å². The lowest BCUT2D eigenvalue weighted by Gasteiger charge is -2.07. The predicted molar refractivity (Wildman–Crippen MR) is 59.4 cm³/mol. The number of thiazole rings is 1. The molecule has 1 aromatic rings. The van der Waals surface area contributed by atoms with E-state index in [2.05, 4.69) is 10.1 Å². The third kappa shape index (κ3) is 1.99. The molecule has 0 unspecified atom stereocenters. The van der Waals surface area contributed by atoms with Gasteiger partial charge in [-0.25, -0.2) is 9.78 Å². The van der Waals surface area contributed by atoms with Gasteiger partial charge in [0.15, 0.2) is 5.13 Å². The number of aliphatic carboxylic acids is 1. The topological polar surface area (TPSA) is 97.8 Å². The molecule has 86 valence electrons. The summed E-state index contributed by atoms with van der Waals surface area (Å²) in [4.78, 5) is 19.9. The van der Waals surface area contributed by atoms with Crippen LogP contribution >= 0.6 is 11.3 Å². The van der Waals surface area contributed by atoms with Gasteiger partial charge in [-0.15, -0.1) is 11.3 Å². The number of anilines is 1. The number of carboxylic acids is 1. The molecule has 1 aromatic heterocycles. The van der Waals surface area contributed by atoms with E-state index in [-0.39, 0.29) is 0 Å². The Bertz CT molecular complexity index is 451. The molecule has 1 fully saturated rings. The maximum absolute atomic E-state index is 10.8. The summed E-state index contributed by atoms with van der Waals surface area (Å²) in [6.07, 6.45) is 0.997. The Kier molecular flexibility index (Phi) is 2.55. The van der Waals surface area contributed by atoms with Crippen molar-refractivity contribution in [1.82, 2.24) is 4.98 Å². The summed E-state index contributed by atoms with van der Waals surface area (Å²) in [5.74, 6) is -0.971. The second-order valence-corrected chi connectivity index (χ2v) is 4.53. The molecule has 1 aliphatic rings. The number of hydrogen-bond acceptors (Lipinski definition) is 6. The van der Waals surface area contributed by atoms with Crippen LogP contribution in [0.4, 0.5) is 5.13 Å². The molecule has 1 aliphatic carbocycles. The van der Waals surface area contributed by atoms with E-state index in [1.165, 1.54) is 11.3 Å². The summed E-state index contributed by atoms with van der Waals surface area (Å²) in [6.45, 7) is 1.70. The molecule has 0 radical (unpaired) electrons. The zero-order chi connectivity index (χ0) is 11.8. The lowest BCUT2D eigenvalue weighted by Crippen LogP contribution is -2.24. The van der Waals surface area contributed by atoms with Crippen LogP contribution in [-0.2, 0) is 9.63 Å². The molecule has 3 N–H and O–H groups in total. The Balaban J connectivity index is 2.05. The van der Waals surface area contributed by atoms with Gasteiger partial charge in [0.25, 0.3) is 0 Å². The predicted octanol–water partition coefficient (Wildman–Crippen LogP) is 1.08. The van der Waals surface area contributed by atoms with Crippen LogP contribution in [0.5, 0.6) is 0 Å². The molecule has 16 heavy (non-hydrogen) atoms. The van der Waals surface area contributed by atoms with Gasteiger partial charge in [-0.05, 0) is 6.92 Å². The third-order valence-corrected chi connectivity index (χ3v) is 3.02. The van der Waals surface area contributed by atoms with Crippen LogP contribution < -0.4 is 5.73 Å². The Hall–Kier alpha value is -1.63. The first-order chi connectivity index (χ1) is 7.53. The molecule has 0 aromatic carbocycles. The fraction of sp³-hybridized carbons (Fsp3) is 0.444. The fourth-order valence-corrected chi connectivity index (χ4v) is 1.72. The highest BCUT2D eigenvalue weighted by molar-refractivity contribution is 7.13. The minimum Gasteiger partial charge on any atom is -0.478 e. The molecular weight excluding hydrogens is 230 g/mol. The number of aromatic nitrogens is 1. The molecule has 0 bridgehead atoms. The monoisotopic (exact) mass is 241 g/mol. The molecule has 1 heterocycles. The van der Waals surface area contributed by atoms with Crippen LogP contribution in [0.25, 0.3) is 0 Å². The number of carboxylic acid groups (broad SMARTS) is 1. The summed E-state index contributed by atoms with van der Waals surface area (Å²) in [5.41, 5.74) is 5.51. The quantitative estimate of drug-likeness (QED) is 0.607. The summed E-state index contributed by atoms with van der Waals surface area (Å²) in [5, 5.41) is 14.8. The number of hydrogen-bond donors (Lipinski definition) is 2. The Morgan fingerprint density at radius 3 is 2.88 bits per heavy atom. The number of nitrogens with zero attached hydrogens (tertiary/aromatic N) is 2. The van der Waals surface area contributed by atoms with E-state index in [1.807, 2.05) is 0 Å². The molecule has 7 heteroatoms. The van der Waals surface area contributed by atoms with Gasteiger partial charge in [-0.3, -0.25) is 0 Å². The molecule has 1 saturated carbocycles. The zero-order valence-corrected chi connectivity index (χ0v) is 9.45. The third-order valence-electron chi connectivity index (χ3n) is 2.34. The standard InChI is InChI=1S/C9H11N3O3S/c1-5(6-4-16-8(10)11-6)12-15-9(2-3-9)7(13)14/h4H,2-3H2,1H3,(H2,10,11)(H,13,14)/b12-5+. The van der Waals surface area contributed by atoms with Crippen molar-refractivity contribution >= 4 is 28.1 Å². The van der Waals surface area contributed by atoms with Crippen LogP contribution in [-0.4, -0.2) is 27.4 Å². The summed E-state index contributed by atoms with van der Waals surface area (Å²) >= 11 is 1.30. The summed E-state index contributed by atoms with van der Waals surface area (Å²) in [6, 6.07) is 0. The van der Waals surface area contributed by atoms with E-state index in [4.69, 9.17) is 15.7 Å². The smallest absolute Gasteiger partial charge is 0.350 e. The first kappa shape index (κ1) is 10.9. The Labute approximate surface area is 95.7 Å². The van der Waals surface area contributed by atoms with Gasteiger partial charge in [0.1, 0.15) is 11.4 Å².